The molecular formula is C15H17BrN2O2S. The molecule has 112 valence electrons. The number of hydrogen-bond acceptors (Lipinski definition) is 3. The van der Waals surface area contributed by atoms with Crippen LogP contribution in [-0.4, -0.2) is 15.0 Å². The summed E-state index contributed by atoms with van der Waals surface area (Å²) in [6.07, 6.45) is 1.59. The van der Waals surface area contributed by atoms with Crippen LogP contribution in [0.3, 0.4) is 0 Å². The molecule has 0 aliphatic heterocycles. The van der Waals surface area contributed by atoms with E-state index < -0.39 is 10.0 Å². The molecule has 0 heterocycles. The Bertz CT molecular complexity index is 703. The van der Waals surface area contributed by atoms with Crippen molar-refractivity contribution in [1.29, 1.82) is 0 Å². The molecule has 0 atom stereocenters. The molecule has 0 bridgehead atoms. The van der Waals surface area contributed by atoms with E-state index in [0.717, 1.165) is 12.8 Å². The van der Waals surface area contributed by atoms with Crippen LogP contribution in [-0.2, 0) is 16.4 Å². The lowest BCUT2D eigenvalue weighted by Gasteiger charge is -2.09. The third kappa shape index (κ3) is 4.56. The summed E-state index contributed by atoms with van der Waals surface area (Å²) < 4.78 is 27.5. The Kier molecular flexibility index (Phi) is 5.39. The lowest BCUT2D eigenvalue weighted by Crippen LogP contribution is -2.25. The lowest BCUT2D eigenvalue weighted by atomic mass is 10.1. The Labute approximate surface area is 133 Å². The van der Waals surface area contributed by atoms with Gasteiger partial charge in [-0.25, -0.2) is 13.1 Å². The highest BCUT2D eigenvalue weighted by molar-refractivity contribution is 9.10. The van der Waals surface area contributed by atoms with Crippen molar-refractivity contribution in [1.82, 2.24) is 4.72 Å². The van der Waals surface area contributed by atoms with E-state index in [1.54, 1.807) is 12.1 Å². The largest absolute Gasteiger partial charge is 0.399 e. The van der Waals surface area contributed by atoms with E-state index in [1.807, 2.05) is 30.3 Å². The van der Waals surface area contributed by atoms with Crippen molar-refractivity contribution in [2.75, 3.05) is 12.3 Å². The number of aryl methyl sites for hydroxylation is 1. The van der Waals surface area contributed by atoms with Gasteiger partial charge in [0, 0.05) is 16.7 Å². The van der Waals surface area contributed by atoms with E-state index in [9.17, 15) is 8.42 Å². The number of anilines is 1. The minimum Gasteiger partial charge on any atom is -0.399 e. The number of rotatable bonds is 6. The van der Waals surface area contributed by atoms with Gasteiger partial charge in [-0.15, -0.1) is 0 Å². The average Bonchev–Trinajstić information content (AvgIpc) is 2.44. The molecule has 4 nitrogen and oxygen atoms in total. The van der Waals surface area contributed by atoms with Crippen molar-refractivity contribution in [2.24, 2.45) is 0 Å². The topological polar surface area (TPSA) is 72.2 Å². The van der Waals surface area contributed by atoms with E-state index in [2.05, 4.69) is 20.7 Å². The van der Waals surface area contributed by atoms with E-state index in [4.69, 9.17) is 5.73 Å². The molecule has 3 N–H and O–H groups in total. The molecule has 0 unspecified atom stereocenters. The summed E-state index contributed by atoms with van der Waals surface area (Å²) in [7, 11) is -3.51. The van der Waals surface area contributed by atoms with Gasteiger partial charge in [0.05, 0.1) is 4.90 Å². The molecule has 0 radical (unpaired) electrons. The minimum absolute atomic E-state index is 0.205. The van der Waals surface area contributed by atoms with Gasteiger partial charge in [-0.2, -0.15) is 0 Å². The maximum absolute atomic E-state index is 12.2. The van der Waals surface area contributed by atoms with Crippen LogP contribution in [0.15, 0.2) is 57.9 Å². The summed E-state index contributed by atoms with van der Waals surface area (Å²) in [5.41, 5.74) is 7.33. The van der Waals surface area contributed by atoms with Gasteiger partial charge in [0.1, 0.15) is 0 Å². The van der Waals surface area contributed by atoms with Gasteiger partial charge in [-0.1, -0.05) is 30.3 Å². The molecule has 0 fully saturated rings. The molecule has 0 aromatic heterocycles. The Morgan fingerprint density at radius 2 is 1.81 bits per heavy atom. The van der Waals surface area contributed by atoms with Crippen LogP contribution in [0.1, 0.15) is 12.0 Å². The molecule has 6 heteroatoms. The van der Waals surface area contributed by atoms with Crippen LogP contribution < -0.4 is 10.5 Å². The first-order chi connectivity index (χ1) is 9.99. The van der Waals surface area contributed by atoms with Crippen LogP contribution >= 0.6 is 15.9 Å². The van der Waals surface area contributed by atoms with Crippen molar-refractivity contribution < 1.29 is 8.42 Å². The molecule has 0 aliphatic rings. The van der Waals surface area contributed by atoms with E-state index in [0.29, 0.717) is 16.7 Å². The number of nitrogens with two attached hydrogens (primary N) is 1. The molecule has 2 aromatic carbocycles. The van der Waals surface area contributed by atoms with Crippen molar-refractivity contribution in [2.45, 2.75) is 17.7 Å². The number of nitrogens with one attached hydrogen (secondary N) is 1. The van der Waals surface area contributed by atoms with Crippen molar-refractivity contribution in [3.63, 3.8) is 0 Å². The Balaban J connectivity index is 1.92. The number of benzene rings is 2. The zero-order valence-corrected chi connectivity index (χ0v) is 13.8. The summed E-state index contributed by atoms with van der Waals surface area (Å²) in [5.74, 6) is 0. The second-order valence-corrected chi connectivity index (χ2v) is 7.27. The molecule has 0 spiro atoms. The van der Waals surface area contributed by atoms with Gasteiger partial charge in [0.25, 0.3) is 0 Å². The zero-order chi connectivity index (χ0) is 15.3. The quantitative estimate of drug-likeness (QED) is 0.608. The fourth-order valence-electron chi connectivity index (χ4n) is 1.96. The normalized spacial score (nSPS) is 11.5. The highest BCUT2D eigenvalue weighted by Gasteiger charge is 2.16. The van der Waals surface area contributed by atoms with Crippen molar-refractivity contribution in [3.8, 4) is 0 Å². The molecule has 0 saturated carbocycles. The fraction of sp³-hybridized carbons (Fsp3) is 0.200. The van der Waals surface area contributed by atoms with E-state index in [-0.39, 0.29) is 4.90 Å². The monoisotopic (exact) mass is 368 g/mol. The highest BCUT2D eigenvalue weighted by Crippen LogP contribution is 2.24. The predicted molar refractivity (Wildman–Crippen MR) is 88.5 cm³/mol. The molecule has 0 saturated heterocycles. The molecule has 0 amide bonds. The maximum Gasteiger partial charge on any atom is 0.241 e. The SMILES string of the molecule is Nc1ccc(S(=O)(=O)NCCCc2ccccc2)c(Br)c1. The zero-order valence-electron chi connectivity index (χ0n) is 11.4. The van der Waals surface area contributed by atoms with E-state index >= 15 is 0 Å². The lowest BCUT2D eigenvalue weighted by molar-refractivity contribution is 0.578. The summed E-state index contributed by atoms with van der Waals surface area (Å²) in [6.45, 7) is 0.397. The molecule has 2 rings (SSSR count). The first-order valence-electron chi connectivity index (χ1n) is 6.58. The van der Waals surface area contributed by atoms with Crippen LogP contribution in [0.4, 0.5) is 5.69 Å². The molecule has 21 heavy (non-hydrogen) atoms. The highest BCUT2D eigenvalue weighted by atomic mass is 79.9. The molecule has 0 aliphatic carbocycles. The number of sulfonamides is 1. The standard InChI is InChI=1S/C15H17BrN2O2S/c16-14-11-13(17)8-9-15(14)21(19,20)18-10-4-7-12-5-2-1-3-6-12/h1-3,5-6,8-9,11,18H,4,7,10,17H2. The Morgan fingerprint density at radius 3 is 2.48 bits per heavy atom. The van der Waals surface area contributed by atoms with Gasteiger partial charge in [0.2, 0.25) is 10.0 Å². The maximum atomic E-state index is 12.2. The summed E-state index contributed by atoms with van der Waals surface area (Å²) in [6, 6.07) is 14.6. The van der Waals surface area contributed by atoms with Crippen LogP contribution in [0.2, 0.25) is 0 Å². The molecule has 2 aromatic rings. The Hall–Kier alpha value is -1.37. The van der Waals surface area contributed by atoms with Gasteiger partial charge >= 0.3 is 0 Å². The van der Waals surface area contributed by atoms with Gasteiger partial charge in [-0.3, -0.25) is 0 Å². The third-order valence-electron chi connectivity index (χ3n) is 3.02. The summed E-state index contributed by atoms with van der Waals surface area (Å²) >= 11 is 3.23. The van der Waals surface area contributed by atoms with E-state index in [1.165, 1.54) is 11.6 Å². The number of nitrogen functional groups attached to an aromatic ring is 1. The third-order valence-corrected chi connectivity index (χ3v) is 5.46. The number of halogens is 1. The van der Waals surface area contributed by atoms with Gasteiger partial charge in [-0.05, 0) is 52.5 Å². The van der Waals surface area contributed by atoms with Crippen LogP contribution in [0, 0.1) is 0 Å². The van der Waals surface area contributed by atoms with Gasteiger partial charge < -0.3 is 5.73 Å². The smallest absolute Gasteiger partial charge is 0.241 e. The first-order valence-corrected chi connectivity index (χ1v) is 8.85. The first kappa shape index (κ1) is 16.0. The fourth-order valence-corrected chi connectivity index (χ4v) is 4.12. The number of hydrogen-bond donors (Lipinski definition) is 2. The van der Waals surface area contributed by atoms with Gasteiger partial charge in [0.15, 0.2) is 0 Å². The summed E-state index contributed by atoms with van der Waals surface area (Å²) in [4.78, 5) is 0.205. The Morgan fingerprint density at radius 1 is 1.10 bits per heavy atom. The summed E-state index contributed by atoms with van der Waals surface area (Å²) in [5, 5.41) is 0. The van der Waals surface area contributed by atoms with Crippen molar-refractivity contribution >= 4 is 31.6 Å². The predicted octanol–water partition coefficient (Wildman–Crippen LogP) is 2.94. The second kappa shape index (κ2) is 7.06. The molecular weight excluding hydrogens is 352 g/mol. The van der Waals surface area contributed by atoms with Crippen molar-refractivity contribution in [3.05, 3.63) is 58.6 Å². The second-order valence-electron chi connectivity index (χ2n) is 4.68. The van der Waals surface area contributed by atoms with Crippen LogP contribution in [0.5, 0.6) is 0 Å². The minimum atomic E-state index is -3.51. The van der Waals surface area contributed by atoms with Crippen LogP contribution in [0.25, 0.3) is 0 Å². The average molecular weight is 369 g/mol.